The van der Waals surface area contributed by atoms with E-state index in [2.05, 4.69) is 4.98 Å². The average molecular weight is 311 g/mol. The fourth-order valence-corrected chi connectivity index (χ4v) is 3.51. The molecule has 5 atom stereocenters. The second-order valence-electron chi connectivity index (χ2n) is 5.27. The largest absolute Gasteiger partial charge is 0.394 e. The normalized spacial score (nSPS) is 33.5. The van der Waals surface area contributed by atoms with Gasteiger partial charge in [0.15, 0.2) is 0 Å². The van der Waals surface area contributed by atoms with Crippen LogP contribution in [0.15, 0.2) is 18.2 Å². The summed E-state index contributed by atoms with van der Waals surface area (Å²) in [5.41, 5.74) is 1.88. The second-order valence-corrected chi connectivity index (χ2v) is 6.33. The first-order valence-electron chi connectivity index (χ1n) is 6.69. The maximum Gasteiger partial charge on any atom is 0.138 e. The number of aryl methyl sites for hydroxylation is 1. The van der Waals surface area contributed by atoms with Gasteiger partial charge in [-0.3, -0.25) is 0 Å². The Kier molecular flexibility index (Phi) is 3.96. The van der Waals surface area contributed by atoms with Crippen LogP contribution in [0.2, 0.25) is 0 Å². The van der Waals surface area contributed by atoms with Crippen molar-refractivity contribution in [3.05, 3.63) is 28.8 Å². The zero-order valence-electron chi connectivity index (χ0n) is 11.4. The molecular weight excluding hydrogens is 294 g/mol. The highest BCUT2D eigenvalue weighted by molar-refractivity contribution is 7.18. The summed E-state index contributed by atoms with van der Waals surface area (Å²) in [5, 5.41) is 39.5. The summed E-state index contributed by atoms with van der Waals surface area (Å²) in [4.78, 5) is 4.44. The highest BCUT2D eigenvalue weighted by Crippen LogP contribution is 2.36. The van der Waals surface area contributed by atoms with Gasteiger partial charge < -0.3 is 25.2 Å². The molecule has 2 aromatic rings. The van der Waals surface area contributed by atoms with E-state index in [1.54, 1.807) is 0 Å². The Balaban J connectivity index is 1.96. The smallest absolute Gasteiger partial charge is 0.138 e. The fourth-order valence-electron chi connectivity index (χ4n) is 2.48. The quantitative estimate of drug-likeness (QED) is 0.628. The molecule has 3 rings (SSSR count). The van der Waals surface area contributed by atoms with E-state index in [1.807, 2.05) is 25.1 Å². The maximum atomic E-state index is 10.1. The van der Waals surface area contributed by atoms with E-state index in [0.29, 0.717) is 5.01 Å². The van der Waals surface area contributed by atoms with Gasteiger partial charge in [-0.2, -0.15) is 0 Å². The first-order chi connectivity index (χ1) is 10.0. The second kappa shape index (κ2) is 5.60. The predicted molar refractivity (Wildman–Crippen MR) is 77.1 cm³/mol. The Morgan fingerprint density at radius 2 is 1.95 bits per heavy atom. The number of nitrogens with zero attached hydrogens (tertiary/aromatic N) is 1. The molecule has 4 N–H and O–H groups in total. The monoisotopic (exact) mass is 311 g/mol. The third-order valence-corrected chi connectivity index (χ3v) is 4.79. The van der Waals surface area contributed by atoms with E-state index >= 15 is 0 Å². The molecule has 0 amide bonds. The van der Waals surface area contributed by atoms with Crippen molar-refractivity contribution in [3.63, 3.8) is 0 Å². The van der Waals surface area contributed by atoms with Crippen molar-refractivity contribution in [1.29, 1.82) is 0 Å². The average Bonchev–Trinajstić information content (AvgIpc) is 2.88. The molecule has 2 heterocycles. The van der Waals surface area contributed by atoms with Crippen LogP contribution in [0, 0.1) is 6.92 Å². The third-order valence-electron chi connectivity index (χ3n) is 3.70. The lowest BCUT2D eigenvalue weighted by molar-refractivity contribution is -0.231. The maximum absolute atomic E-state index is 10.1. The molecule has 7 heteroatoms. The number of hydrogen-bond donors (Lipinski definition) is 4. The van der Waals surface area contributed by atoms with E-state index in [0.717, 1.165) is 15.8 Å². The van der Waals surface area contributed by atoms with Crippen LogP contribution in [0.5, 0.6) is 0 Å². The van der Waals surface area contributed by atoms with Gasteiger partial charge in [0, 0.05) is 0 Å². The molecule has 1 aromatic heterocycles. The molecule has 1 fully saturated rings. The Hall–Kier alpha value is -1.09. The van der Waals surface area contributed by atoms with Gasteiger partial charge >= 0.3 is 0 Å². The number of aliphatic hydroxyl groups is 4. The molecule has 0 radical (unpaired) electrons. The molecule has 0 spiro atoms. The van der Waals surface area contributed by atoms with Crippen LogP contribution < -0.4 is 0 Å². The number of ether oxygens (including phenoxy) is 1. The number of fused-ring (bicyclic) bond motifs is 1. The molecule has 1 aliphatic rings. The van der Waals surface area contributed by atoms with Crippen LogP contribution >= 0.6 is 11.3 Å². The molecule has 0 aliphatic carbocycles. The zero-order chi connectivity index (χ0) is 15.1. The summed E-state index contributed by atoms with van der Waals surface area (Å²) in [5.74, 6) is 0. The molecule has 1 aromatic carbocycles. The Morgan fingerprint density at radius 3 is 2.67 bits per heavy atom. The Labute approximate surface area is 125 Å². The van der Waals surface area contributed by atoms with Crippen molar-refractivity contribution >= 4 is 21.6 Å². The third kappa shape index (κ3) is 2.57. The summed E-state index contributed by atoms with van der Waals surface area (Å²) < 4.78 is 6.47. The number of thiazole rings is 1. The van der Waals surface area contributed by atoms with Gasteiger partial charge in [-0.25, -0.2) is 4.98 Å². The van der Waals surface area contributed by atoms with E-state index in [1.165, 1.54) is 11.3 Å². The van der Waals surface area contributed by atoms with Gasteiger partial charge in [0.25, 0.3) is 0 Å². The van der Waals surface area contributed by atoms with Crippen molar-refractivity contribution in [2.24, 2.45) is 0 Å². The fraction of sp³-hybridized carbons (Fsp3) is 0.500. The molecule has 1 aliphatic heterocycles. The van der Waals surface area contributed by atoms with Crippen molar-refractivity contribution in [1.82, 2.24) is 4.98 Å². The predicted octanol–water partition coefficient (Wildman–Crippen LogP) is 0.120. The lowest BCUT2D eigenvalue weighted by atomic mass is 9.95. The lowest BCUT2D eigenvalue weighted by Crippen LogP contribution is -2.55. The molecule has 5 unspecified atom stereocenters. The summed E-state index contributed by atoms with van der Waals surface area (Å²) in [6.07, 6.45) is -5.79. The number of rotatable bonds is 2. The van der Waals surface area contributed by atoms with E-state index in [9.17, 15) is 20.4 Å². The van der Waals surface area contributed by atoms with E-state index in [-0.39, 0.29) is 0 Å². The van der Waals surface area contributed by atoms with Crippen molar-refractivity contribution in [2.45, 2.75) is 37.4 Å². The first-order valence-corrected chi connectivity index (χ1v) is 7.50. The Morgan fingerprint density at radius 1 is 1.19 bits per heavy atom. The van der Waals surface area contributed by atoms with E-state index < -0.39 is 37.1 Å². The minimum absolute atomic E-state index is 0.439. The number of benzene rings is 1. The number of aliphatic hydroxyl groups excluding tert-OH is 4. The van der Waals surface area contributed by atoms with Crippen molar-refractivity contribution in [3.8, 4) is 0 Å². The molecule has 21 heavy (non-hydrogen) atoms. The molecule has 0 bridgehead atoms. The van der Waals surface area contributed by atoms with Crippen LogP contribution in [0.25, 0.3) is 10.2 Å². The zero-order valence-corrected chi connectivity index (χ0v) is 12.2. The highest BCUT2D eigenvalue weighted by atomic mass is 32.1. The molecule has 6 nitrogen and oxygen atoms in total. The van der Waals surface area contributed by atoms with Crippen LogP contribution in [0.3, 0.4) is 0 Å². The minimum atomic E-state index is -1.38. The van der Waals surface area contributed by atoms with Crippen molar-refractivity contribution < 1.29 is 25.2 Å². The number of hydrogen-bond acceptors (Lipinski definition) is 7. The molecular formula is C14H17NO5S. The lowest BCUT2D eigenvalue weighted by Gasteiger charge is -2.39. The summed E-state index contributed by atoms with van der Waals surface area (Å²) >= 11 is 1.36. The summed E-state index contributed by atoms with van der Waals surface area (Å²) in [7, 11) is 0. The molecule has 114 valence electrons. The summed E-state index contributed by atoms with van der Waals surface area (Å²) in [6, 6.07) is 5.84. The number of aromatic nitrogens is 1. The first kappa shape index (κ1) is 14.8. The van der Waals surface area contributed by atoms with Crippen LogP contribution in [0.1, 0.15) is 16.7 Å². The van der Waals surface area contributed by atoms with Crippen LogP contribution in [-0.4, -0.2) is 56.4 Å². The Bertz CT molecular complexity index is 643. The van der Waals surface area contributed by atoms with Gasteiger partial charge in [-0.1, -0.05) is 6.07 Å². The van der Waals surface area contributed by atoms with Crippen LogP contribution in [0.4, 0.5) is 0 Å². The van der Waals surface area contributed by atoms with Gasteiger partial charge in [0.2, 0.25) is 0 Å². The molecule has 1 saturated heterocycles. The van der Waals surface area contributed by atoms with E-state index in [4.69, 9.17) is 4.74 Å². The summed E-state index contributed by atoms with van der Waals surface area (Å²) in [6.45, 7) is 1.53. The molecule has 0 saturated carbocycles. The van der Waals surface area contributed by atoms with Gasteiger partial charge in [-0.05, 0) is 24.6 Å². The topological polar surface area (TPSA) is 103 Å². The standard InChI is InChI=1S/C14H17NO5S/c1-6-2-3-9-7(4-6)15-14(21-9)13-12(19)11(18)10(17)8(5-16)20-13/h2-4,8,10-13,16-19H,5H2,1H3. The SMILES string of the molecule is Cc1ccc2sc(C3OC(CO)C(O)C(O)C3O)nc2c1. The highest BCUT2D eigenvalue weighted by Gasteiger charge is 2.45. The van der Waals surface area contributed by atoms with Crippen molar-refractivity contribution in [2.75, 3.05) is 6.61 Å². The minimum Gasteiger partial charge on any atom is -0.394 e. The van der Waals surface area contributed by atoms with Gasteiger partial charge in [0.1, 0.15) is 35.5 Å². The van der Waals surface area contributed by atoms with Gasteiger partial charge in [0.05, 0.1) is 16.8 Å². The van der Waals surface area contributed by atoms with Crippen LogP contribution in [-0.2, 0) is 4.74 Å². The van der Waals surface area contributed by atoms with Gasteiger partial charge in [-0.15, -0.1) is 11.3 Å².